The van der Waals surface area contributed by atoms with E-state index in [-0.39, 0.29) is 5.84 Å². The summed E-state index contributed by atoms with van der Waals surface area (Å²) in [5, 5.41) is 11.7. The fraction of sp³-hybridized carbons (Fsp3) is 0. The lowest BCUT2D eigenvalue weighted by Crippen LogP contribution is -2.18. The average Bonchev–Trinajstić information content (AvgIpc) is 2.77. The van der Waals surface area contributed by atoms with E-state index in [9.17, 15) is 0 Å². The van der Waals surface area contributed by atoms with Crippen LogP contribution in [0.2, 0.25) is 0 Å². The number of amidine groups is 1. The van der Waals surface area contributed by atoms with Crippen molar-refractivity contribution in [1.29, 1.82) is 0 Å². The van der Waals surface area contributed by atoms with E-state index in [1.807, 2.05) is 6.07 Å². The van der Waals surface area contributed by atoms with Gasteiger partial charge in [0.1, 0.15) is 0 Å². The molecular formula is C10H8Br2N4O. The molecule has 0 aliphatic rings. The van der Waals surface area contributed by atoms with Crippen molar-refractivity contribution in [2.45, 2.75) is 0 Å². The first-order chi connectivity index (χ1) is 8.13. The Hall–Kier alpha value is -1.34. The lowest BCUT2D eigenvalue weighted by Gasteiger charge is -2.09. The van der Waals surface area contributed by atoms with Gasteiger partial charge in [-0.1, -0.05) is 5.16 Å². The summed E-state index contributed by atoms with van der Waals surface area (Å²) in [4.78, 5) is 4.27. The first-order valence-electron chi connectivity index (χ1n) is 4.60. The number of hydrogen-bond acceptors (Lipinski definition) is 3. The van der Waals surface area contributed by atoms with E-state index in [0.717, 1.165) is 8.95 Å². The minimum Gasteiger partial charge on any atom is -0.409 e. The van der Waals surface area contributed by atoms with E-state index < -0.39 is 0 Å². The quantitative estimate of drug-likeness (QED) is 0.374. The molecule has 17 heavy (non-hydrogen) atoms. The predicted molar refractivity (Wildman–Crippen MR) is 71.5 cm³/mol. The molecular weight excluding hydrogens is 352 g/mol. The minimum atomic E-state index is 0.0339. The second kappa shape index (κ2) is 4.89. The SMILES string of the molecule is N/C(=N/O)c1cccn1-c1ncc(Br)cc1Br. The Morgan fingerprint density at radius 3 is 2.88 bits per heavy atom. The largest absolute Gasteiger partial charge is 0.409 e. The van der Waals surface area contributed by atoms with Gasteiger partial charge >= 0.3 is 0 Å². The Kier molecular flexibility index (Phi) is 3.49. The molecule has 0 aromatic carbocycles. The Labute approximate surface area is 114 Å². The van der Waals surface area contributed by atoms with Crippen LogP contribution in [0.1, 0.15) is 5.69 Å². The molecule has 5 nitrogen and oxygen atoms in total. The molecule has 7 heteroatoms. The number of oxime groups is 1. The van der Waals surface area contributed by atoms with Crippen molar-refractivity contribution in [1.82, 2.24) is 9.55 Å². The van der Waals surface area contributed by atoms with Crippen LogP contribution in [-0.4, -0.2) is 20.6 Å². The van der Waals surface area contributed by atoms with Gasteiger partial charge in [-0.25, -0.2) is 4.98 Å². The smallest absolute Gasteiger partial charge is 0.187 e. The van der Waals surface area contributed by atoms with E-state index in [4.69, 9.17) is 10.9 Å². The molecule has 0 spiro atoms. The molecule has 2 rings (SSSR count). The summed E-state index contributed by atoms with van der Waals surface area (Å²) in [6.45, 7) is 0. The van der Waals surface area contributed by atoms with Gasteiger partial charge in [-0.05, 0) is 50.1 Å². The molecule has 0 bridgehead atoms. The highest BCUT2D eigenvalue weighted by Crippen LogP contribution is 2.23. The summed E-state index contributed by atoms with van der Waals surface area (Å²) < 4.78 is 3.40. The van der Waals surface area contributed by atoms with Crippen LogP contribution < -0.4 is 5.73 Å². The number of hydrogen-bond donors (Lipinski definition) is 2. The van der Waals surface area contributed by atoms with E-state index in [1.54, 1.807) is 29.1 Å². The normalized spacial score (nSPS) is 11.8. The fourth-order valence-electron chi connectivity index (χ4n) is 1.41. The van der Waals surface area contributed by atoms with E-state index >= 15 is 0 Å². The third-order valence-corrected chi connectivity index (χ3v) is 3.15. The van der Waals surface area contributed by atoms with E-state index in [1.165, 1.54) is 0 Å². The maximum atomic E-state index is 8.70. The molecule has 0 aliphatic carbocycles. The lowest BCUT2D eigenvalue weighted by atomic mass is 10.4. The van der Waals surface area contributed by atoms with Crippen LogP contribution in [0, 0.1) is 0 Å². The topological polar surface area (TPSA) is 76.4 Å². The van der Waals surface area contributed by atoms with Crippen molar-refractivity contribution in [2.75, 3.05) is 0 Å². The van der Waals surface area contributed by atoms with E-state index in [0.29, 0.717) is 11.5 Å². The summed E-state index contributed by atoms with van der Waals surface area (Å²) in [6, 6.07) is 5.41. The average molecular weight is 360 g/mol. The molecule has 0 radical (unpaired) electrons. The Balaban J connectivity index is 2.58. The highest BCUT2D eigenvalue weighted by atomic mass is 79.9. The first kappa shape index (κ1) is 12.1. The second-order valence-electron chi connectivity index (χ2n) is 3.21. The molecule has 88 valence electrons. The van der Waals surface area contributed by atoms with Crippen molar-refractivity contribution < 1.29 is 5.21 Å². The summed E-state index contributed by atoms with van der Waals surface area (Å²) in [5.74, 6) is 0.700. The second-order valence-corrected chi connectivity index (χ2v) is 4.98. The number of nitrogens with two attached hydrogens (primary N) is 1. The van der Waals surface area contributed by atoms with Crippen LogP contribution in [0.4, 0.5) is 0 Å². The maximum Gasteiger partial charge on any atom is 0.187 e. The zero-order chi connectivity index (χ0) is 12.4. The van der Waals surface area contributed by atoms with Crippen LogP contribution in [0.25, 0.3) is 5.82 Å². The fourth-order valence-corrected chi connectivity index (χ4v) is 2.59. The molecule has 2 aromatic heterocycles. The molecule has 0 fully saturated rings. The van der Waals surface area contributed by atoms with E-state index in [2.05, 4.69) is 42.0 Å². The number of nitrogens with zero attached hydrogens (tertiary/aromatic N) is 3. The highest BCUT2D eigenvalue weighted by Gasteiger charge is 2.11. The third-order valence-electron chi connectivity index (χ3n) is 2.14. The lowest BCUT2D eigenvalue weighted by molar-refractivity contribution is 0.318. The van der Waals surface area contributed by atoms with Crippen LogP contribution in [-0.2, 0) is 0 Å². The summed E-state index contributed by atoms with van der Waals surface area (Å²) >= 11 is 6.75. The maximum absolute atomic E-state index is 8.70. The number of halogens is 2. The highest BCUT2D eigenvalue weighted by molar-refractivity contribution is 9.11. The summed E-state index contributed by atoms with van der Waals surface area (Å²) in [6.07, 6.45) is 3.46. The van der Waals surface area contributed by atoms with Gasteiger partial charge in [-0.2, -0.15) is 0 Å². The van der Waals surface area contributed by atoms with Crippen LogP contribution in [0.15, 0.2) is 44.7 Å². The van der Waals surface area contributed by atoms with Crippen molar-refractivity contribution in [3.05, 3.63) is 45.2 Å². The Bertz CT molecular complexity index is 579. The van der Waals surface area contributed by atoms with Gasteiger partial charge in [0.25, 0.3) is 0 Å². The molecule has 0 amide bonds. The molecule has 0 unspecified atom stereocenters. The predicted octanol–water partition coefficient (Wildman–Crippen LogP) is 2.49. The van der Waals surface area contributed by atoms with Crippen LogP contribution in [0.3, 0.4) is 0 Å². The minimum absolute atomic E-state index is 0.0339. The van der Waals surface area contributed by atoms with Gasteiger partial charge in [0.2, 0.25) is 0 Å². The Morgan fingerprint density at radius 1 is 1.47 bits per heavy atom. The Morgan fingerprint density at radius 2 is 2.24 bits per heavy atom. The molecule has 2 heterocycles. The standard InChI is InChI=1S/C10H8Br2N4O/c11-6-4-7(12)10(14-5-6)16-3-1-2-8(16)9(13)15-17/h1-5,17H,(H2,13,15). The van der Waals surface area contributed by atoms with Crippen molar-refractivity contribution >= 4 is 37.7 Å². The van der Waals surface area contributed by atoms with Gasteiger partial charge in [-0.3, -0.25) is 4.57 Å². The monoisotopic (exact) mass is 358 g/mol. The molecule has 2 aromatic rings. The molecule has 0 aliphatic heterocycles. The van der Waals surface area contributed by atoms with Crippen LogP contribution in [0.5, 0.6) is 0 Å². The number of pyridine rings is 1. The van der Waals surface area contributed by atoms with Gasteiger partial charge < -0.3 is 10.9 Å². The van der Waals surface area contributed by atoms with Gasteiger partial charge in [0, 0.05) is 16.9 Å². The summed E-state index contributed by atoms with van der Waals surface area (Å²) in [7, 11) is 0. The van der Waals surface area contributed by atoms with Gasteiger partial charge in [0.15, 0.2) is 11.7 Å². The molecule has 0 atom stereocenters. The summed E-state index contributed by atoms with van der Waals surface area (Å²) in [5.41, 5.74) is 6.16. The zero-order valence-corrected chi connectivity index (χ0v) is 11.7. The first-order valence-corrected chi connectivity index (χ1v) is 6.18. The van der Waals surface area contributed by atoms with Crippen molar-refractivity contribution in [2.24, 2.45) is 10.9 Å². The number of aromatic nitrogens is 2. The zero-order valence-electron chi connectivity index (χ0n) is 8.51. The van der Waals surface area contributed by atoms with Crippen molar-refractivity contribution in [3.8, 4) is 5.82 Å². The number of rotatable bonds is 2. The van der Waals surface area contributed by atoms with Gasteiger partial charge in [0.05, 0.1) is 10.2 Å². The molecule has 3 N–H and O–H groups in total. The third kappa shape index (κ3) is 2.34. The van der Waals surface area contributed by atoms with Crippen LogP contribution >= 0.6 is 31.9 Å². The molecule has 0 saturated carbocycles. The molecule has 0 saturated heterocycles. The van der Waals surface area contributed by atoms with Crippen molar-refractivity contribution in [3.63, 3.8) is 0 Å². The van der Waals surface area contributed by atoms with Gasteiger partial charge in [-0.15, -0.1) is 0 Å².